The zero-order chi connectivity index (χ0) is 11.4. The van der Waals surface area contributed by atoms with Crippen molar-refractivity contribution in [2.45, 2.75) is 45.6 Å². The second-order valence-electron chi connectivity index (χ2n) is 4.93. The lowest BCUT2D eigenvalue weighted by molar-refractivity contribution is 0.427. The number of rotatable bonds is 3. The van der Waals surface area contributed by atoms with Crippen LogP contribution < -0.4 is 5.32 Å². The van der Waals surface area contributed by atoms with Crippen LogP contribution in [0.15, 0.2) is 24.3 Å². The molecule has 2 unspecified atom stereocenters. The van der Waals surface area contributed by atoms with Gasteiger partial charge in [-0.25, -0.2) is 0 Å². The minimum Gasteiger partial charge on any atom is -0.310 e. The summed E-state index contributed by atoms with van der Waals surface area (Å²) in [6.07, 6.45) is 5.04. The summed E-state index contributed by atoms with van der Waals surface area (Å²) in [5.41, 5.74) is 3.11. The van der Waals surface area contributed by atoms with Crippen LogP contribution in [0.5, 0.6) is 0 Å². The Morgan fingerprint density at radius 1 is 1.25 bits per heavy atom. The van der Waals surface area contributed by atoms with Gasteiger partial charge in [0, 0.05) is 6.04 Å². The largest absolute Gasteiger partial charge is 0.310 e. The topological polar surface area (TPSA) is 12.0 Å². The lowest BCUT2D eigenvalue weighted by Crippen LogP contribution is -2.24. The number of nitrogens with one attached hydrogen (secondary N) is 1. The maximum absolute atomic E-state index is 3.74. The summed E-state index contributed by atoms with van der Waals surface area (Å²) in [6.45, 7) is 5.75. The molecule has 1 N–H and O–H groups in total. The van der Waals surface area contributed by atoms with E-state index in [9.17, 15) is 0 Å². The van der Waals surface area contributed by atoms with Gasteiger partial charge in [0.05, 0.1) is 0 Å². The highest BCUT2D eigenvalue weighted by atomic mass is 14.9. The highest BCUT2D eigenvalue weighted by Gasteiger charge is 2.21. The van der Waals surface area contributed by atoms with Crippen molar-refractivity contribution in [1.29, 1.82) is 0 Å². The molecular formula is C15H23N. The smallest absolute Gasteiger partial charge is 0.0322 e. The van der Waals surface area contributed by atoms with Crippen LogP contribution >= 0.6 is 0 Å². The molecule has 1 heteroatoms. The van der Waals surface area contributed by atoms with Crippen LogP contribution in [0.1, 0.15) is 50.3 Å². The Morgan fingerprint density at radius 3 is 2.81 bits per heavy atom. The number of benzene rings is 1. The average Bonchev–Trinajstić information content (AvgIpc) is 2.50. The summed E-state index contributed by atoms with van der Waals surface area (Å²) in [7, 11) is 0. The van der Waals surface area contributed by atoms with Crippen LogP contribution in [0.4, 0.5) is 0 Å². The first-order valence-corrected chi connectivity index (χ1v) is 6.66. The minimum absolute atomic E-state index is 0.581. The van der Waals surface area contributed by atoms with Crippen molar-refractivity contribution >= 4 is 0 Å². The molecule has 1 heterocycles. The first-order valence-electron chi connectivity index (χ1n) is 6.66. The molecule has 0 aliphatic carbocycles. The molecule has 1 aliphatic heterocycles. The molecule has 0 bridgehead atoms. The SMILES string of the molecule is CCCC1NCC(CC)Cc2ccccc21. The molecular weight excluding hydrogens is 194 g/mol. The normalized spacial score (nSPS) is 24.9. The summed E-state index contributed by atoms with van der Waals surface area (Å²) in [6, 6.07) is 9.56. The molecule has 0 fully saturated rings. The van der Waals surface area contributed by atoms with E-state index in [-0.39, 0.29) is 0 Å². The van der Waals surface area contributed by atoms with E-state index < -0.39 is 0 Å². The third-order valence-corrected chi connectivity index (χ3v) is 3.75. The van der Waals surface area contributed by atoms with Crippen molar-refractivity contribution in [3.63, 3.8) is 0 Å². The molecule has 2 atom stereocenters. The van der Waals surface area contributed by atoms with Crippen molar-refractivity contribution in [2.24, 2.45) is 5.92 Å². The zero-order valence-electron chi connectivity index (χ0n) is 10.5. The molecule has 16 heavy (non-hydrogen) atoms. The first kappa shape index (κ1) is 11.7. The van der Waals surface area contributed by atoms with Crippen molar-refractivity contribution in [3.05, 3.63) is 35.4 Å². The molecule has 2 rings (SSSR count). The van der Waals surface area contributed by atoms with E-state index >= 15 is 0 Å². The minimum atomic E-state index is 0.581. The van der Waals surface area contributed by atoms with Crippen molar-refractivity contribution in [2.75, 3.05) is 6.54 Å². The fourth-order valence-electron chi connectivity index (χ4n) is 2.70. The second kappa shape index (κ2) is 5.49. The number of fused-ring (bicyclic) bond motifs is 1. The monoisotopic (exact) mass is 217 g/mol. The molecule has 0 amide bonds. The fraction of sp³-hybridized carbons (Fsp3) is 0.600. The molecule has 0 aromatic heterocycles. The third-order valence-electron chi connectivity index (χ3n) is 3.75. The summed E-state index contributed by atoms with van der Waals surface area (Å²) in [4.78, 5) is 0. The zero-order valence-corrected chi connectivity index (χ0v) is 10.5. The molecule has 0 radical (unpaired) electrons. The summed E-state index contributed by atoms with van der Waals surface area (Å²) >= 11 is 0. The highest BCUT2D eigenvalue weighted by molar-refractivity contribution is 5.31. The van der Waals surface area contributed by atoms with E-state index in [2.05, 4.69) is 43.4 Å². The molecule has 1 aliphatic rings. The standard InChI is InChI=1S/C15H23N/c1-3-7-15-14-9-6-5-8-13(14)10-12(4-2)11-16-15/h5-6,8-9,12,15-16H,3-4,7,10-11H2,1-2H3. The predicted molar refractivity (Wildman–Crippen MR) is 69.6 cm³/mol. The quantitative estimate of drug-likeness (QED) is 0.814. The van der Waals surface area contributed by atoms with Crippen LogP contribution in [-0.2, 0) is 6.42 Å². The maximum Gasteiger partial charge on any atom is 0.0322 e. The van der Waals surface area contributed by atoms with Crippen molar-refractivity contribution in [1.82, 2.24) is 5.32 Å². The Balaban J connectivity index is 2.26. The van der Waals surface area contributed by atoms with Gasteiger partial charge >= 0.3 is 0 Å². The molecule has 1 aromatic carbocycles. The molecule has 0 spiro atoms. The van der Waals surface area contributed by atoms with Gasteiger partial charge in [0.15, 0.2) is 0 Å². The van der Waals surface area contributed by atoms with Crippen LogP contribution in [-0.4, -0.2) is 6.54 Å². The van der Waals surface area contributed by atoms with Crippen LogP contribution in [0.25, 0.3) is 0 Å². The van der Waals surface area contributed by atoms with E-state index in [4.69, 9.17) is 0 Å². The van der Waals surface area contributed by atoms with Crippen LogP contribution in [0, 0.1) is 5.92 Å². The Bertz CT molecular complexity index is 332. The van der Waals surface area contributed by atoms with Gasteiger partial charge in [-0.15, -0.1) is 0 Å². The Labute approximate surface area is 99.3 Å². The third kappa shape index (κ3) is 2.46. The Kier molecular flexibility index (Phi) is 4.00. The fourth-order valence-corrected chi connectivity index (χ4v) is 2.70. The lowest BCUT2D eigenvalue weighted by atomic mass is 9.93. The van der Waals surface area contributed by atoms with Gasteiger partial charge in [-0.2, -0.15) is 0 Å². The van der Waals surface area contributed by atoms with E-state index in [0.717, 1.165) is 5.92 Å². The van der Waals surface area contributed by atoms with Crippen LogP contribution in [0.3, 0.4) is 0 Å². The Hall–Kier alpha value is -0.820. The summed E-state index contributed by atoms with van der Waals surface area (Å²) in [5.74, 6) is 0.808. The van der Waals surface area contributed by atoms with Gasteiger partial charge in [-0.05, 0) is 36.4 Å². The molecule has 1 nitrogen and oxygen atoms in total. The van der Waals surface area contributed by atoms with E-state index in [1.165, 1.54) is 32.2 Å². The summed E-state index contributed by atoms with van der Waals surface area (Å²) in [5, 5.41) is 3.74. The second-order valence-corrected chi connectivity index (χ2v) is 4.93. The average molecular weight is 217 g/mol. The van der Waals surface area contributed by atoms with Gasteiger partial charge in [0.1, 0.15) is 0 Å². The van der Waals surface area contributed by atoms with E-state index in [1.54, 1.807) is 11.1 Å². The van der Waals surface area contributed by atoms with Gasteiger partial charge in [-0.3, -0.25) is 0 Å². The van der Waals surface area contributed by atoms with E-state index in [0.29, 0.717) is 6.04 Å². The molecule has 0 saturated carbocycles. The highest BCUT2D eigenvalue weighted by Crippen LogP contribution is 2.28. The predicted octanol–water partition coefficient (Wildman–Crippen LogP) is 3.70. The number of hydrogen-bond donors (Lipinski definition) is 1. The summed E-state index contributed by atoms with van der Waals surface area (Å²) < 4.78 is 0. The van der Waals surface area contributed by atoms with E-state index in [1.807, 2.05) is 0 Å². The van der Waals surface area contributed by atoms with Gasteiger partial charge in [0.25, 0.3) is 0 Å². The number of hydrogen-bond acceptors (Lipinski definition) is 1. The Morgan fingerprint density at radius 2 is 2.06 bits per heavy atom. The molecule has 0 saturated heterocycles. The van der Waals surface area contributed by atoms with Gasteiger partial charge in [0.2, 0.25) is 0 Å². The van der Waals surface area contributed by atoms with Gasteiger partial charge < -0.3 is 5.32 Å². The van der Waals surface area contributed by atoms with Crippen molar-refractivity contribution < 1.29 is 0 Å². The lowest BCUT2D eigenvalue weighted by Gasteiger charge is -2.18. The molecule has 1 aromatic rings. The first-order chi connectivity index (χ1) is 7.85. The van der Waals surface area contributed by atoms with Crippen molar-refractivity contribution in [3.8, 4) is 0 Å². The maximum atomic E-state index is 3.74. The molecule has 88 valence electrons. The van der Waals surface area contributed by atoms with Gasteiger partial charge in [-0.1, -0.05) is 51.0 Å². The van der Waals surface area contributed by atoms with Crippen LogP contribution in [0.2, 0.25) is 0 Å².